The summed E-state index contributed by atoms with van der Waals surface area (Å²) in [7, 11) is 0. The number of rotatable bonds is 3. The van der Waals surface area contributed by atoms with E-state index in [0.717, 1.165) is 4.90 Å². The Morgan fingerprint density at radius 3 is 2.50 bits per heavy atom. The van der Waals surface area contributed by atoms with Crippen molar-refractivity contribution in [2.24, 2.45) is 0 Å². The molecular formula is C14H12ClFN2OS. The van der Waals surface area contributed by atoms with Gasteiger partial charge in [-0.15, -0.1) is 11.8 Å². The minimum Gasteiger partial charge on any atom is -0.308 e. The molecule has 104 valence electrons. The van der Waals surface area contributed by atoms with Crippen molar-refractivity contribution in [2.75, 3.05) is 16.9 Å². The lowest BCUT2D eigenvalue weighted by Gasteiger charge is -2.08. The first-order valence-corrected chi connectivity index (χ1v) is 7.36. The van der Waals surface area contributed by atoms with Crippen molar-refractivity contribution >= 4 is 40.8 Å². The highest BCUT2D eigenvalue weighted by atomic mass is 35.5. The predicted molar refractivity (Wildman–Crippen MR) is 82.3 cm³/mol. The molecule has 0 fully saturated rings. The Morgan fingerprint density at radius 1 is 1.15 bits per heavy atom. The molecule has 0 bridgehead atoms. The van der Waals surface area contributed by atoms with E-state index in [1.807, 2.05) is 24.5 Å². The van der Waals surface area contributed by atoms with Crippen LogP contribution in [0.5, 0.6) is 0 Å². The van der Waals surface area contributed by atoms with Crippen molar-refractivity contribution < 1.29 is 9.18 Å². The minimum atomic E-state index is -0.575. The number of urea groups is 1. The molecule has 0 saturated carbocycles. The molecule has 0 saturated heterocycles. The maximum atomic E-state index is 13.2. The summed E-state index contributed by atoms with van der Waals surface area (Å²) in [4.78, 5) is 12.8. The highest BCUT2D eigenvalue weighted by Crippen LogP contribution is 2.20. The van der Waals surface area contributed by atoms with Crippen molar-refractivity contribution in [3.05, 3.63) is 53.3 Å². The molecule has 0 aromatic heterocycles. The SMILES string of the molecule is CSc1cccc(NC(=O)Nc2ccc(Cl)c(F)c2)c1. The summed E-state index contributed by atoms with van der Waals surface area (Å²) in [6, 6.07) is 11.1. The maximum Gasteiger partial charge on any atom is 0.323 e. The zero-order valence-corrected chi connectivity index (χ0v) is 12.2. The summed E-state index contributed by atoms with van der Waals surface area (Å²) in [5.41, 5.74) is 1.01. The van der Waals surface area contributed by atoms with Crippen molar-refractivity contribution in [3.63, 3.8) is 0 Å². The molecule has 0 spiro atoms. The van der Waals surface area contributed by atoms with E-state index < -0.39 is 11.8 Å². The van der Waals surface area contributed by atoms with E-state index in [-0.39, 0.29) is 5.02 Å². The van der Waals surface area contributed by atoms with Gasteiger partial charge in [0.1, 0.15) is 5.82 Å². The van der Waals surface area contributed by atoms with Gasteiger partial charge in [-0.2, -0.15) is 0 Å². The maximum absolute atomic E-state index is 13.2. The number of halogens is 2. The third-order valence-electron chi connectivity index (χ3n) is 2.51. The lowest BCUT2D eigenvalue weighted by atomic mass is 10.3. The van der Waals surface area contributed by atoms with Crippen LogP contribution in [-0.4, -0.2) is 12.3 Å². The van der Waals surface area contributed by atoms with Crippen LogP contribution < -0.4 is 10.6 Å². The van der Waals surface area contributed by atoms with Gasteiger partial charge in [-0.3, -0.25) is 0 Å². The fraction of sp³-hybridized carbons (Fsp3) is 0.0714. The fourth-order valence-electron chi connectivity index (χ4n) is 1.57. The van der Waals surface area contributed by atoms with Gasteiger partial charge in [0.25, 0.3) is 0 Å². The molecule has 0 unspecified atom stereocenters. The zero-order chi connectivity index (χ0) is 14.5. The first-order valence-electron chi connectivity index (χ1n) is 5.75. The van der Waals surface area contributed by atoms with Gasteiger partial charge in [0.2, 0.25) is 0 Å². The second-order valence-electron chi connectivity index (χ2n) is 3.94. The van der Waals surface area contributed by atoms with Crippen LogP contribution in [0.2, 0.25) is 5.02 Å². The number of nitrogens with one attached hydrogen (secondary N) is 2. The summed E-state index contributed by atoms with van der Waals surface area (Å²) in [6.45, 7) is 0. The van der Waals surface area contributed by atoms with Crippen LogP contribution in [0.4, 0.5) is 20.6 Å². The third-order valence-corrected chi connectivity index (χ3v) is 3.54. The quantitative estimate of drug-likeness (QED) is 0.796. The Morgan fingerprint density at radius 2 is 1.85 bits per heavy atom. The van der Waals surface area contributed by atoms with Gasteiger partial charge < -0.3 is 10.6 Å². The number of benzene rings is 2. The van der Waals surface area contributed by atoms with Gasteiger partial charge in [0.05, 0.1) is 5.02 Å². The monoisotopic (exact) mass is 310 g/mol. The standard InChI is InChI=1S/C14H12ClFN2OS/c1-20-11-4-2-3-9(7-11)17-14(19)18-10-5-6-12(15)13(16)8-10/h2-8H,1H3,(H2,17,18,19). The zero-order valence-electron chi connectivity index (χ0n) is 10.6. The molecule has 2 aromatic rings. The average Bonchev–Trinajstić information content (AvgIpc) is 2.43. The molecule has 0 aliphatic heterocycles. The van der Waals surface area contributed by atoms with Crippen molar-refractivity contribution in [3.8, 4) is 0 Å². The molecule has 2 aromatic carbocycles. The smallest absolute Gasteiger partial charge is 0.308 e. The molecule has 0 aliphatic rings. The topological polar surface area (TPSA) is 41.1 Å². The Balaban J connectivity index is 2.03. The van der Waals surface area contributed by atoms with E-state index in [4.69, 9.17) is 11.6 Å². The van der Waals surface area contributed by atoms with E-state index >= 15 is 0 Å². The Labute approximate surface area is 125 Å². The Bertz CT molecular complexity index is 636. The van der Waals surface area contributed by atoms with Crippen LogP contribution in [0.1, 0.15) is 0 Å². The molecule has 0 atom stereocenters. The van der Waals surface area contributed by atoms with Crippen LogP contribution in [-0.2, 0) is 0 Å². The molecule has 6 heteroatoms. The van der Waals surface area contributed by atoms with Crippen molar-refractivity contribution in [2.45, 2.75) is 4.90 Å². The van der Waals surface area contributed by atoms with Gasteiger partial charge in [-0.25, -0.2) is 9.18 Å². The summed E-state index contributed by atoms with van der Waals surface area (Å²) < 4.78 is 13.2. The van der Waals surface area contributed by atoms with E-state index in [1.54, 1.807) is 17.8 Å². The molecule has 2 rings (SSSR count). The summed E-state index contributed by atoms with van der Waals surface area (Å²) in [5.74, 6) is -0.575. The van der Waals surface area contributed by atoms with Crippen LogP contribution in [0.25, 0.3) is 0 Å². The van der Waals surface area contributed by atoms with E-state index in [0.29, 0.717) is 11.4 Å². The fourth-order valence-corrected chi connectivity index (χ4v) is 2.15. The number of hydrogen-bond acceptors (Lipinski definition) is 2. The average molecular weight is 311 g/mol. The summed E-state index contributed by atoms with van der Waals surface area (Å²) in [6.07, 6.45) is 1.95. The lowest BCUT2D eigenvalue weighted by molar-refractivity contribution is 0.262. The van der Waals surface area contributed by atoms with Crippen LogP contribution in [0.3, 0.4) is 0 Å². The highest BCUT2D eigenvalue weighted by Gasteiger charge is 2.06. The van der Waals surface area contributed by atoms with Crippen LogP contribution in [0.15, 0.2) is 47.4 Å². The predicted octanol–water partition coefficient (Wildman–Crippen LogP) is 4.85. The first-order chi connectivity index (χ1) is 9.58. The number of anilines is 2. The molecule has 20 heavy (non-hydrogen) atoms. The van der Waals surface area contributed by atoms with Gasteiger partial charge in [0, 0.05) is 16.3 Å². The first kappa shape index (κ1) is 14.7. The van der Waals surface area contributed by atoms with Gasteiger partial charge in [0.15, 0.2) is 0 Å². The highest BCUT2D eigenvalue weighted by molar-refractivity contribution is 7.98. The Kier molecular flexibility index (Phi) is 4.87. The van der Waals surface area contributed by atoms with E-state index in [2.05, 4.69) is 10.6 Å². The normalized spacial score (nSPS) is 10.2. The van der Waals surface area contributed by atoms with Crippen molar-refractivity contribution in [1.82, 2.24) is 0 Å². The number of amides is 2. The number of thioether (sulfide) groups is 1. The van der Waals surface area contributed by atoms with Gasteiger partial charge in [-0.1, -0.05) is 17.7 Å². The summed E-state index contributed by atoms with van der Waals surface area (Å²) >= 11 is 7.16. The molecule has 0 radical (unpaired) electrons. The molecule has 2 amide bonds. The minimum absolute atomic E-state index is 0.0172. The molecule has 2 N–H and O–H groups in total. The molecule has 0 heterocycles. The van der Waals surface area contributed by atoms with Crippen LogP contribution in [0, 0.1) is 5.82 Å². The van der Waals surface area contributed by atoms with Crippen molar-refractivity contribution in [1.29, 1.82) is 0 Å². The van der Waals surface area contributed by atoms with Gasteiger partial charge in [-0.05, 0) is 42.7 Å². The molecular weight excluding hydrogens is 299 g/mol. The third kappa shape index (κ3) is 3.88. The largest absolute Gasteiger partial charge is 0.323 e. The number of carbonyl (C=O) groups is 1. The lowest BCUT2D eigenvalue weighted by Crippen LogP contribution is -2.19. The summed E-state index contributed by atoms with van der Waals surface area (Å²) in [5, 5.41) is 5.24. The Hall–Kier alpha value is -1.72. The van der Waals surface area contributed by atoms with Crippen LogP contribution >= 0.6 is 23.4 Å². The van der Waals surface area contributed by atoms with E-state index in [9.17, 15) is 9.18 Å². The van der Waals surface area contributed by atoms with Gasteiger partial charge >= 0.3 is 6.03 Å². The molecule has 3 nitrogen and oxygen atoms in total. The number of hydrogen-bond donors (Lipinski definition) is 2. The molecule has 0 aliphatic carbocycles. The second-order valence-corrected chi connectivity index (χ2v) is 5.23. The van der Waals surface area contributed by atoms with E-state index in [1.165, 1.54) is 18.2 Å². The number of carbonyl (C=O) groups excluding carboxylic acids is 1. The second kappa shape index (κ2) is 6.63.